The number of carbonyl (C=O) groups is 1. The van der Waals surface area contributed by atoms with Gasteiger partial charge in [0, 0.05) is 5.39 Å². The molecule has 0 saturated carbocycles. The molecule has 22 heavy (non-hydrogen) atoms. The van der Waals surface area contributed by atoms with E-state index in [1.807, 2.05) is 56.3 Å². The zero-order valence-corrected chi connectivity index (χ0v) is 12.7. The molecule has 0 saturated heterocycles. The minimum Gasteiger partial charge on any atom is -0.506 e. The van der Waals surface area contributed by atoms with Crippen LogP contribution in [0.4, 0.5) is 0 Å². The molecule has 1 N–H and O–H groups in total. The molecule has 1 atom stereocenters. The molecule has 0 fully saturated rings. The van der Waals surface area contributed by atoms with Gasteiger partial charge in [0.2, 0.25) is 0 Å². The lowest BCUT2D eigenvalue weighted by atomic mass is 10.0. The van der Waals surface area contributed by atoms with Crippen molar-refractivity contribution in [2.24, 2.45) is 0 Å². The zero-order chi connectivity index (χ0) is 15.7. The van der Waals surface area contributed by atoms with Crippen LogP contribution < -0.4 is 0 Å². The highest BCUT2D eigenvalue weighted by atomic mass is 16.5. The summed E-state index contributed by atoms with van der Waals surface area (Å²) in [5, 5.41) is 14.2. The fraction of sp³-hybridized carbons (Fsp3) is 0.211. The van der Waals surface area contributed by atoms with E-state index in [2.05, 4.69) is 0 Å². The van der Waals surface area contributed by atoms with Gasteiger partial charge in [-0.05, 0) is 47.7 Å². The molecule has 3 rings (SSSR count). The van der Waals surface area contributed by atoms with Crippen molar-refractivity contribution in [2.45, 2.75) is 26.4 Å². The van der Waals surface area contributed by atoms with Crippen molar-refractivity contribution in [3.8, 4) is 5.75 Å². The summed E-state index contributed by atoms with van der Waals surface area (Å²) in [6.07, 6.45) is 0.573. The fourth-order valence-electron chi connectivity index (χ4n) is 2.49. The molecule has 0 aliphatic carbocycles. The number of fused-ring (bicyclic) bond motifs is 2. The Hall–Kier alpha value is -2.55. The van der Waals surface area contributed by atoms with Crippen LogP contribution in [-0.2, 0) is 4.74 Å². The Bertz CT molecular complexity index is 852. The number of phenolic OH excluding ortho intramolecular Hbond substituents is 1. The second-order valence-electron chi connectivity index (χ2n) is 5.51. The van der Waals surface area contributed by atoms with Gasteiger partial charge in [-0.1, -0.05) is 37.3 Å². The van der Waals surface area contributed by atoms with E-state index in [9.17, 15) is 9.90 Å². The third-order valence-electron chi connectivity index (χ3n) is 3.96. The molecule has 0 aliphatic rings. The van der Waals surface area contributed by atoms with Gasteiger partial charge in [0.1, 0.15) is 11.3 Å². The van der Waals surface area contributed by atoms with Crippen LogP contribution in [0, 0.1) is 0 Å². The molecule has 0 radical (unpaired) electrons. The van der Waals surface area contributed by atoms with E-state index in [1.165, 1.54) is 0 Å². The van der Waals surface area contributed by atoms with Crippen LogP contribution in [0.25, 0.3) is 21.5 Å². The van der Waals surface area contributed by atoms with Crippen molar-refractivity contribution in [3.05, 3.63) is 54.1 Å². The van der Waals surface area contributed by atoms with E-state index in [0.717, 1.165) is 22.6 Å². The average Bonchev–Trinajstić information content (AvgIpc) is 2.53. The Balaban J connectivity index is 2.12. The third kappa shape index (κ3) is 2.50. The Morgan fingerprint density at radius 1 is 1.09 bits per heavy atom. The summed E-state index contributed by atoms with van der Waals surface area (Å²) in [5.41, 5.74) is 0.211. The minimum absolute atomic E-state index is 0.0171. The third-order valence-corrected chi connectivity index (χ3v) is 3.96. The number of ether oxygens (including phenoxy) is 1. The molecular formula is C19H18O3. The first-order chi connectivity index (χ1) is 10.6. The summed E-state index contributed by atoms with van der Waals surface area (Å²) in [6.45, 7) is 3.79. The number of hydrogen-bond donors (Lipinski definition) is 1. The summed E-state index contributed by atoms with van der Waals surface area (Å²) in [5.74, 6) is -0.501. The summed E-state index contributed by atoms with van der Waals surface area (Å²) in [7, 11) is 0. The van der Waals surface area contributed by atoms with E-state index in [-0.39, 0.29) is 17.4 Å². The second kappa shape index (κ2) is 5.68. The number of hydrogen-bond acceptors (Lipinski definition) is 3. The zero-order valence-electron chi connectivity index (χ0n) is 12.7. The molecular weight excluding hydrogens is 276 g/mol. The number of rotatable bonds is 3. The second-order valence-corrected chi connectivity index (χ2v) is 5.51. The largest absolute Gasteiger partial charge is 0.506 e. The topological polar surface area (TPSA) is 46.5 Å². The van der Waals surface area contributed by atoms with Gasteiger partial charge < -0.3 is 9.84 Å². The van der Waals surface area contributed by atoms with Gasteiger partial charge in [-0.15, -0.1) is 0 Å². The molecule has 0 bridgehead atoms. The number of esters is 1. The summed E-state index contributed by atoms with van der Waals surface area (Å²) < 4.78 is 5.30. The van der Waals surface area contributed by atoms with E-state index < -0.39 is 5.97 Å². The highest BCUT2D eigenvalue weighted by molar-refractivity contribution is 6.06. The van der Waals surface area contributed by atoms with Crippen LogP contribution >= 0.6 is 0 Å². The maximum Gasteiger partial charge on any atom is 0.342 e. The highest BCUT2D eigenvalue weighted by Crippen LogP contribution is 2.32. The lowest BCUT2D eigenvalue weighted by molar-refractivity contribution is 0.0331. The normalized spacial score (nSPS) is 12.5. The number of benzene rings is 3. The van der Waals surface area contributed by atoms with Crippen molar-refractivity contribution in [1.82, 2.24) is 0 Å². The number of carbonyl (C=O) groups excluding carboxylic acids is 1. The van der Waals surface area contributed by atoms with Crippen LogP contribution in [0.15, 0.2) is 48.5 Å². The molecule has 0 aromatic heterocycles. The fourth-order valence-corrected chi connectivity index (χ4v) is 2.49. The van der Waals surface area contributed by atoms with Crippen molar-refractivity contribution < 1.29 is 14.6 Å². The lowest BCUT2D eigenvalue weighted by Crippen LogP contribution is -2.14. The average molecular weight is 294 g/mol. The molecule has 3 aromatic carbocycles. The van der Waals surface area contributed by atoms with Gasteiger partial charge in [0.15, 0.2) is 0 Å². The summed E-state index contributed by atoms with van der Waals surface area (Å²) in [6, 6.07) is 15.3. The molecule has 3 nitrogen and oxygen atoms in total. The van der Waals surface area contributed by atoms with Crippen LogP contribution in [-0.4, -0.2) is 17.2 Å². The van der Waals surface area contributed by atoms with E-state index in [0.29, 0.717) is 5.39 Å². The maximum atomic E-state index is 12.2. The van der Waals surface area contributed by atoms with Crippen LogP contribution in [0.3, 0.4) is 0 Å². The van der Waals surface area contributed by atoms with Crippen molar-refractivity contribution >= 4 is 27.5 Å². The van der Waals surface area contributed by atoms with E-state index in [1.54, 1.807) is 6.07 Å². The van der Waals surface area contributed by atoms with Crippen molar-refractivity contribution in [2.75, 3.05) is 0 Å². The van der Waals surface area contributed by atoms with Crippen LogP contribution in [0.5, 0.6) is 5.75 Å². The monoisotopic (exact) mass is 294 g/mol. The van der Waals surface area contributed by atoms with Gasteiger partial charge in [-0.25, -0.2) is 4.79 Å². The minimum atomic E-state index is -0.484. The van der Waals surface area contributed by atoms with Gasteiger partial charge in [0.05, 0.1) is 6.10 Å². The quantitative estimate of drug-likeness (QED) is 0.565. The molecule has 0 aliphatic heterocycles. The van der Waals surface area contributed by atoms with Crippen molar-refractivity contribution in [1.29, 1.82) is 0 Å². The lowest BCUT2D eigenvalue weighted by Gasteiger charge is -2.13. The van der Waals surface area contributed by atoms with Crippen LogP contribution in [0.2, 0.25) is 0 Å². The molecule has 3 aromatic rings. The first kappa shape index (κ1) is 14.4. The van der Waals surface area contributed by atoms with Gasteiger partial charge in [-0.2, -0.15) is 0 Å². The first-order valence-corrected chi connectivity index (χ1v) is 7.45. The smallest absolute Gasteiger partial charge is 0.342 e. The Labute approximate surface area is 129 Å². The highest BCUT2D eigenvalue weighted by Gasteiger charge is 2.17. The number of phenols is 1. The van der Waals surface area contributed by atoms with Gasteiger partial charge >= 0.3 is 5.97 Å². The molecule has 3 heteroatoms. The Kier molecular flexibility index (Phi) is 3.72. The van der Waals surface area contributed by atoms with E-state index >= 15 is 0 Å². The molecule has 112 valence electrons. The number of aromatic hydroxyl groups is 1. The van der Waals surface area contributed by atoms with Crippen LogP contribution in [0.1, 0.15) is 30.6 Å². The molecule has 0 spiro atoms. The predicted molar refractivity (Wildman–Crippen MR) is 88.3 cm³/mol. The standard InChI is InChI=1S/C19H18O3/c1-3-12(2)22-19(21)16-9-8-15-10-13-6-4-5-7-14(13)11-17(15)18(16)20/h4-12,20H,3H2,1-2H3. The van der Waals surface area contributed by atoms with Gasteiger partial charge in [0.25, 0.3) is 0 Å². The van der Waals surface area contributed by atoms with Crippen molar-refractivity contribution in [3.63, 3.8) is 0 Å². The maximum absolute atomic E-state index is 12.2. The summed E-state index contributed by atoms with van der Waals surface area (Å²) in [4.78, 5) is 12.2. The Morgan fingerprint density at radius 3 is 2.45 bits per heavy atom. The van der Waals surface area contributed by atoms with Gasteiger partial charge in [-0.3, -0.25) is 0 Å². The molecule has 0 heterocycles. The SMILES string of the molecule is CCC(C)OC(=O)c1ccc2cc3ccccc3cc2c1O. The first-order valence-electron chi connectivity index (χ1n) is 7.45. The molecule has 1 unspecified atom stereocenters. The molecule has 0 amide bonds. The summed E-state index contributed by atoms with van der Waals surface area (Å²) >= 11 is 0. The van der Waals surface area contributed by atoms with E-state index in [4.69, 9.17) is 4.74 Å². The Morgan fingerprint density at radius 2 is 1.77 bits per heavy atom. The predicted octanol–water partition coefficient (Wildman–Crippen LogP) is 4.65.